The van der Waals surface area contributed by atoms with Crippen molar-refractivity contribution >= 4 is 11.0 Å². The largest absolute Gasteiger partial charge is 0.456 e. The standard InChI is InChI=1S/C28H26F2N2O5/c1-28(2,34)17-9-7-15(8-10-17)14-3-5-16(6-4-14)22-18(29)11-19-24(23(22)30)32-27(31-19)37-21-13-36-25-20(33)12-35-26(21)25/h3-11,20-21,25-26,33-34H,12-13H2,1-2H3,(H,31,32). The molecule has 4 unspecified atom stereocenters. The minimum Gasteiger partial charge on any atom is -0.456 e. The molecule has 9 heteroatoms. The number of aliphatic hydroxyl groups excluding tert-OH is 1. The number of hydrogen-bond donors (Lipinski definition) is 3. The molecule has 0 amide bonds. The summed E-state index contributed by atoms with van der Waals surface area (Å²) < 4.78 is 47.5. The van der Waals surface area contributed by atoms with Gasteiger partial charge in [-0.1, -0.05) is 48.5 Å². The Hall–Kier alpha value is -3.37. The predicted octanol–water partition coefficient (Wildman–Crippen LogP) is 4.31. The van der Waals surface area contributed by atoms with Gasteiger partial charge in [0.15, 0.2) is 11.9 Å². The monoisotopic (exact) mass is 508 g/mol. The second-order valence-electron chi connectivity index (χ2n) is 10.0. The van der Waals surface area contributed by atoms with Crippen molar-refractivity contribution in [2.75, 3.05) is 13.2 Å². The van der Waals surface area contributed by atoms with E-state index in [2.05, 4.69) is 9.97 Å². The Bertz CT molecular complexity index is 1450. The first-order valence-electron chi connectivity index (χ1n) is 12.1. The molecule has 2 aliphatic heterocycles. The van der Waals surface area contributed by atoms with Crippen molar-refractivity contribution in [3.8, 4) is 28.3 Å². The maximum absolute atomic E-state index is 15.5. The molecule has 4 aromatic rings. The zero-order valence-corrected chi connectivity index (χ0v) is 20.2. The third-order valence-electron chi connectivity index (χ3n) is 6.99. The van der Waals surface area contributed by atoms with Gasteiger partial charge in [0.25, 0.3) is 6.01 Å². The van der Waals surface area contributed by atoms with Crippen LogP contribution in [0.1, 0.15) is 19.4 Å². The Labute approximate surface area is 211 Å². The molecule has 0 bridgehead atoms. The van der Waals surface area contributed by atoms with Gasteiger partial charge in [-0.25, -0.2) is 8.78 Å². The number of benzene rings is 3. The van der Waals surface area contributed by atoms with E-state index in [4.69, 9.17) is 14.2 Å². The van der Waals surface area contributed by atoms with Gasteiger partial charge in [-0.3, -0.25) is 0 Å². The summed E-state index contributed by atoms with van der Waals surface area (Å²) in [5.41, 5.74) is 1.97. The third kappa shape index (κ3) is 4.27. The highest BCUT2D eigenvalue weighted by atomic mass is 19.1. The Balaban J connectivity index is 1.26. The number of rotatable bonds is 5. The summed E-state index contributed by atoms with van der Waals surface area (Å²) in [6.07, 6.45) is -2.18. The number of ether oxygens (including phenoxy) is 3. The molecule has 192 valence electrons. The topological polar surface area (TPSA) is 96.8 Å². The Kier molecular flexibility index (Phi) is 5.76. The molecule has 3 aromatic carbocycles. The molecule has 2 aliphatic rings. The van der Waals surface area contributed by atoms with E-state index in [1.54, 1.807) is 38.1 Å². The van der Waals surface area contributed by atoms with Crippen LogP contribution >= 0.6 is 0 Å². The summed E-state index contributed by atoms with van der Waals surface area (Å²) in [6, 6.07) is 15.6. The molecule has 2 fully saturated rings. The van der Waals surface area contributed by atoms with Crippen LogP contribution < -0.4 is 4.74 Å². The first-order valence-corrected chi connectivity index (χ1v) is 12.1. The molecule has 3 heterocycles. The quantitative estimate of drug-likeness (QED) is 0.372. The third-order valence-corrected chi connectivity index (χ3v) is 6.99. The molecule has 0 spiro atoms. The minimum absolute atomic E-state index is 0.0227. The molecule has 0 aliphatic carbocycles. The highest BCUT2D eigenvalue weighted by Crippen LogP contribution is 2.35. The van der Waals surface area contributed by atoms with E-state index >= 15 is 8.78 Å². The van der Waals surface area contributed by atoms with Crippen LogP contribution in [-0.4, -0.2) is 57.8 Å². The summed E-state index contributed by atoms with van der Waals surface area (Å²) in [5.74, 6) is -1.52. The van der Waals surface area contributed by atoms with Gasteiger partial charge in [0.05, 0.1) is 29.9 Å². The van der Waals surface area contributed by atoms with Crippen molar-refractivity contribution in [2.24, 2.45) is 0 Å². The van der Waals surface area contributed by atoms with Crippen LogP contribution in [0, 0.1) is 11.6 Å². The normalized spacial score (nSPS) is 23.5. The average molecular weight is 509 g/mol. The maximum atomic E-state index is 15.5. The van der Waals surface area contributed by atoms with Crippen molar-refractivity contribution in [3.05, 3.63) is 71.8 Å². The van der Waals surface area contributed by atoms with Crippen molar-refractivity contribution in [1.29, 1.82) is 0 Å². The van der Waals surface area contributed by atoms with Crippen LogP contribution in [0.2, 0.25) is 0 Å². The number of nitrogens with one attached hydrogen (secondary N) is 1. The summed E-state index contributed by atoms with van der Waals surface area (Å²) in [4.78, 5) is 7.03. The fraction of sp³-hybridized carbons (Fsp3) is 0.321. The van der Waals surface area contributed by atoms with Gasteiger partial charge in [-0.15, -0.1) is 0 Å². The van der Waals surface area contributed by atoms with Crippen LogP contribution in [0.5, 0.6) is 6.01 Å². The molecule has 6 rings (SSSR count). The molecule has 3 N–H and O–H groups in total. The van der Waals surface area contributed by atoms with Crippen molar-refractivity contribution in [3.63, 3.8) is 0 Å². The smallest absolute Gasteiger partial charge is 0.295 e. The van der Waals surface area contributed by atoms with E-state index in [1.807, 2.05) is 24.3 Å². The van der Waals surface area contributed by atoms with Crippen molar-refractivity contribution in [1.82, 2.24) is 9.97 Å². The van der Waals surface area contributed by atoms with E-state index in [1.165, 1.54) is 6.07 Å². The molecular formula is C28H26F2N2O5. The number of aliphatic hydroxyl groups is 2. The zero-order chi connectivity index (χ0) is 25.9. The van der Waals surface area contributed by atoms with Gasteiger partial charge >= 0.3 is 0 Å². The van der Waals surface area contributed by atoms with Gasteiger partial charge in [0, 0.05) is 6.07 Å². The van der Waals surface area contributed by atoms with Crippen LogP contribution in [-0.2, 0) is 15.1 Å². The first-order chi connectivity index (χ1) is 17.7. The summed E-state index contributed by atoms with van der Waals surface area (Å²) >= 11 is 0. The van der Waals surface area contributed by atoms with Crippen LogP contribution in [0.4, 0.5) is 8.78 Å². The highest BCUT2D eigenvalue weighted by Gasteiger charge is 2.48. The number of H-pyrrole nitrogens is 1. The molecule has 7 nitrogen and oxygen atoms in total. The van der Waals surface area contributed by atoms with Gasteiger partial charge in [-0.05, 0) is 36.1 Å². The van der Waals surface area contributed by atoms with E-state index in [-0.39, 0.29) is 35.8 Å². The van der Waals surface area contributed by atoms with Gasteiger partial charge < -0.3 is 29.4 Å². The van der Waals surface area contributed by atoms with E-state index < -0.39 is 41.7 Å². The van der Waals surface area contributed by atoms with Gasteiger partial charge in [-0.2, -0.15) is 4.98 Å². The Morgan fingerprint density at radius 3 is 2.24 bits per heavy atom. The number of imidazole rings is 1. The summed E-state index contributed by atoms with van der Waals surface area (Å²) in [6.45, 7) is 3.79. The zero-order valence-electron chi connectivity index (χ0n) is 20.2. The van der Waals surface area contributed by atoms with Gasteiger partial charge in [0.2, 0.25) is 0 Å². The van der Waals surface area contributed by atoms with Crippen LogP contribution in [0.3, 0.4) is 0 Å². The van der Waals surface area contributed by atoms with E-state index in [0.29, 0.717) is 5.56 Å². The summed E-state index contributed by atoms with van der Waals surface area (Å²) in [7, 11) is 0. The first kappa shape index (κ1) is 24.0. The molecule has 2 saturated heterocycles. The molecule has 1 aromatic heterocycles. The highest BCUT2D eigenvalue weighted by molar-refractivity contribution is 5.84. The number of aromatic amines is 1. The van der Waals surface area contributed by atoms with Gasteiger partial charge in [0.1, 0.15) is 29.6 Å². The second kappa shape index (κ2) is 8.88. The lowest BCUT2D eigenvalue weighted by atomic mass is 9.94. The molecule has 0 saturated carbocycles. The Morgan fingerprint density at radius 2 is 1.57 bits per heavy atom. The summed E-state index contributed by atoms with van der Waals surface area (Å²) in [5, 5.41) is 20.0. The lowest BCUT2D eigenvalue weighted by Gasteiger charge is -2.18. The van der Waals surface area contributed by atoms with Crippen LogP contribution in [0.25, 0.3) is 33.3 Å². The minimum atomic E-state index is -0.937. The second-order valence-corrected chi connectivity index (χ2v) is 10.0. The van der Waals surface area contributed by atoms with Crippen LogP contribution in [0.15, 0.2) is 54.6 Å². The van der Waals surface area contributed by atoms with Crippen molar-refractivity contribution < 1.29 is 33.2 Å². The van der Waals surface area contributed by atoms with E-state index in [9.17, 15) is 10.2 Å². The lowest BCUT2D eigenvalue weighted by Crippen LogP contribution is -2.34. The maximum Gasteiger partial charge on any atom is 0.295 e. The fourth-order valence-corrected chi connectivity index (χ4v) is 4.97. The number of fused-ring (bicyclic) bond motifs is 2. The predicted molar refractivity (Wildman–Crippen MR) is 132 cm³/mol. The number of hydrogen-bond acceptors (Lipinski definition) is 6. The SMILES string of the molecule is CC(C)(O)c1ccc(-c2ccc(-c3c(F)cc4[nH]c(OC5COC6C(O)COC56)nc4c3F)cc2)cc1. The van der Waals surface area contributed by atoms with Crippen molar-refractivity contribution in [2.45, 2.75) is 43.9 Å². The number of nitrogens with zero attached hydrogens (tertiary/aromatic N) is 1. The lowest BCUT2D eigenvalue weighted by molar-refractivity contribution is 0.00706. The fourth-order valence-electron chi connectivity index (χ4n) is 4.97. The number of halogens is 2. The average Bonchev–Trinajstić information content (AvgIpc) is 3.56. The molecule has 37 heavy (non-hydrogen) atoms. The number of aromatic nitrogens is 2. The molecule has 4 atom stereocenters. The molecule has 0 radical (unpaired) electrons. The molecular weight excluding hydrogens is 482 g/mol. The Morgan fingerprint density at radius 1 is 0.946 bits per heavy atom. The van der Waals surface area contributed by atoms with E-state index in [0.717, 1.165) is 16.7 Å².